The molecule has 0 radical (unpaired) electrons. The van der Waals surface area contributed by atoms with Crippen molar-refractivity contribution in [3.8, 4) is 11.1 Å². The van der Waals surface area contributed by atoms with Crippen LogP contribution in [0, 0.1) is 0 Å². The fourth-order valence-corrected chi connectivity index (χ4v) is 3.80. The molecular formula is C20H21Br. The average molecular weight is 341 g/mol. The molecule has 0 aromatic heterocycles. The summed E-state index contributed by atoms with van der Waals surface area (Å²) in [4.78, 5) is 0. The SMILES string of the molecule is CCCCc1ccccc1-c1ccc2c(c1Br)C=CC2C. The van der Waals surface area contributed by atoms with E-state index in [0.29, 0.717) is 5.92 Å². The van der Waals surface area contributed by atoms with Crippen LogP contribution >= 0.6 is 15.9 Å². The van der Waals surface area contributed by atoms with E-state index in [0.717, 1.165) is 6.42 Å². The second-order valence-electron chi connectivity index (χ2n) is 5.84. The van der Waals surface area contributed by atoms with Crippen LogP contribution in [-0.2, 0) is 6.42 Å². The van der Waals surface area contributed by atoms with Gasteiger partial charge in [0.15, 0.2) is 0 Å². The lowest BCUT2D eigenvalue weighted by molar-refractivity contribution is 0.796. The van der Waals surface area contributed by atoms with Gasteiger partial charge in [-0.3, -0.25) is 0 Å². The van der Waals surface area contributed by atoms with Gasteiger partial charge in [0.25, 0.3) is 0 Å². The molecule has 21 heavy (non-hydrogen) atoms. The molecule has 0 saturated carbocycles. The monoisotopic (exact) mass is 340 g/mol. The second kappa shape index (κ2) is 6.19. The molecule has 0 saturated heterocycles. The van der Waals surface area contributed by atoms with E-state index >= 15 is 0 Å². The summed E-state index contributed by atoms with van der Waals surface area (Å²) in [6, 6.07) is 13.4. The third-order valence-corrected chi connectivity index (χ3v) is 5.22. The first kappa shape index (κ1) is 14.6. The van der Waals surface area contributed by atoms with Gasteiger partial charge in [0.2, 0.25) is 0 Å². The Hall–Kier alpha value is -1.34. The van der Waals surface area contributed by atoms with Gasteiger partial charge in [-0.25, -0.2) is 0 Å². The van der Waals surface area contributed by atoms with Crippen molar-refractivity contribution in [2.24, 2.45) is 0 Å². The minimum absolute atomic E-state index is 0.528. The van der Waals surface area contributed by atoms with Gasteiger partial charge in [0, 0.05) is 4.47 Å². The average Bonchev–Trinajstić information content (AvgIpc) is 2.88. The maximum absolute atomic E-state index is 3.85. The van der Waals surface area contributed by atoms with Crippen LogP contribution in [0.3, 0.4) is 0 Å². The molecule has 1 aliphatic carbocycles. The van der Waals surface area contributed by atoms with E-state index in [9.17, 15) is 0 Å². The van der Waals surface area contributed by atoms with Gasteiger partial charge in [0.1, 0.15) is 0 Å². The predicted octanol–water partition coefficient (Wildman–Crippen LogP) is 6.59. The number of fused-ring (bicyclic) bond motifs is 1. The highest BCUT2D eigenvalue weighted by atomic mass is 79.9. The van der Waals surface area contributed by atoms with Crippen LogP contribution in [0.4, 0.5) is 0 Å². The smallest absolute Gasteiger partial charge is 0.0329 e. The van der Waals surface area contributed by atoms with Crippen molar-refractivity contribution < 1.29 is 0 Å². The Morgan fingerprint density at radius 3 is 2.67 bits per heavy atom. The number of aryl methyl sites for hydroxylation is 1. The molecule has 1 atom stereocenters. The maximum atomic E-state index is 3.85. The van der Waals surface area contributed by atoms with Crippen LogP contribution in [0.1, 0.15) is 49.3 Å². The molecule has 0 heterocycles. The summed E-state index contributed by atoms with van der Waals surface area (Å²) in [5.41, 5.74) is 6.92. The number of hydrogen-bond donors (Lipinski definition) is 0. The van der Waals surface area contributed by atoms with Crippen molar-refractivity contribution in [1.29, 1.82) is 0 Å². The Bertz CT molecular complexity index is 682. The van der Waals surface area contributed by atoms with Crippen LogP contribution < -0.4 is 0 Å². The van der Waals surface area contributed by atoms with Gasteiger partial charge >= 0.3 is 0 Å². The standard InChI is InChI=1S/C20H21Br/c1-3-4-7-15-8-5-6-9-17(15)19-13-12-16-14(2)10-11-18(16)20(19)21/h5-6,8-14H,3-4,7H2,1-2H3. The van der Waals surface area contributed by atoms with Gasteiger partial charge in [0.05, 0.1) is 0 Å². The van der Waals surface area contributed by atoms with E-state index in [1.807, 2.05) is 0 Å². The molecular weight excluding hydrogens is 320 g/mol. The third-order valence-electron chi connectivity index (χ3n) is 4.36. The number of unbranched alkanes of at least 4 members (excludes halogenated alkanes) is 1. The molecule has 2 aromatic rings. The van der Waals surface area contributed by atoms with E-state index in [1.165, 1.54) is 45.1 Å². The lowest BCUT2D eigenvalue weighted by atomic mass is 9.93. The van der Waals surface area contributed by atoms with Crippen LogP contribution in [0.2, 0.25) is 0 Å². The topological polar surface area (TPSA) is 0 Å². The number of hydrogen-bond acceptors (Lipinski definition) is 0. The largest absolute Gasteiger partial charge is 0.0766 e. The molecule has 1 aliphatic rings. The number of allylic oxidation sites excluding steroid dienone is 1. The van der Waals surface area contributed by atoms with E-state index in [2.05, 4.69) is 78.3 Å². The minimum atomic E-state index is 0.528. The van der Waals surface area contributed by atoms with Crippen molar-refractivity contribution >= 4 is 22.0 Å². The molecule has 108 valence electrons. The molecule has 3 rings (SSSR count). The van der Waals surface area contributed by atoms with Crippen LogP contribution in [0.25, 0.3) is 17.2 Å². The highest BCUT2D eigenvalue weighted by Crippen LogP contribution is 2.41. The third kappa shape index (κ3) is 2.72. The number of benzene rings is 2. The first-order valence-electron chi connectivity index (χ1n) is 7.81. The van der Waals surface area contributed by atoms with Crippen LogP contribution in [-0.4, -0.2) is 0 Å². The molecule has 0 aliphatic heterocycles. The molecule has 0 amide bonds. The van der Waals surface area contributed by atoms with E-state index in [4.69, 9.17) is 0 Å². The van der Waals surface area contributed by atoms with Crippen molar-refractivity contribution in [3.05, 3.63) is 63.6 Å². The highest BCUT2D eigenvalue weighted by Gasteiger charge is 2.18. The maximum Gasteiger partial charge on any atom is 0.0329 e. The second-order valence-corrected chi connectivity index (χ2v) is 6.63. The number of rotatable bonds is 4. The Balaban J connectivity index is 2.08. The van der Waals surface area contributed by atoms with Gasteiger partial charge in [-0.05, 0) is 62.5 Å². The van der Waals surface area contributed by atoms with Crippen molar-refractivity contribution in [3.63, 3.8) is 0 Å². The molecule has 1 unspecified atom stereocenters. The Labute approximate surface area is 136 Å². The summed E-state index contributed by atoms with van der Waals surface area (Å²) >= 11 is 3.85. The quantitative estimate of drug-likeness (QED) is 0.588. The van der Waals surface area contributed by atoms with Gasteiger partial charge in [-0.2, -0.15) is 0 Å². The lowest BCUT2D eigenvalue weighted by Gasteiger charge is -2.14. The van der Waals surface area contributed by atoms with Gasteiger partial charge in [-0.15, -0.1) is 0 Å². The zero-order valence-electron chi connectivity index (χ0n) is 12.7. The van der Waals surface area contributed by atoms with Crippen LogP contribution in [0.15, 0.2) is 46.9 Å². The predicted molar refractivity (Wildman–Crippen MR) is 95.6 cm³/mol. The molecule has 2 aromatic carbocycles. The first-order valence-corrected chi connectivity index (χ1v) is 8.60. The fourth-order valence-electron chi connectivity index (χ4n) is 3.09. The Morgan fingerprint density at radius 1 is 1.05 bits per heavy atom. The van der Waals surface area contributed by atoms with E-state index < -0.39 is 0 Å². The molecule has 1 heteroatoms. The van der Waals surface area contributed by atoms with E-state index in [-0.39, 0.29) is 0 Å². The Kier molecular flexibility index (Phi) is 4.30. The minimum Gasteiger partial charge on any atom is -0.0766 e. The van der Waals surface area contributed by atoms with Gasteiger partial charge in [-0.1, -0.05) is 68.8 Å². The zero-order chi connectivity index (χ0) is 14.8. The molecule has 0 N–H and O–H groups in total. The fraction of sp³-hybridized carbons (Fsp3) is 0.300. The van der Waals surface area contributed by atoms with Crippen LogP contribution in [0.5, 0.6) is 0 Å². The summed E-state index contributed by atoms with van der Waals surface area (Å²) in [6.45, 7) is 4.50. The summed E-state index contributed by atoms with van der Waals surface area (Å²) in [5, 5.41) is 0. The summed E-state index contributed by atoms with van der Waals surface area (Å²) < 4.78 is 1.24. The Morgan fingerprint density at radius 2 is 1.86 bits per heavy atom. The first-order chi connectivity index (χ1) is 10.2. The molecule has 0 fully saturated rings. The lowest BCUT2D eigenvalue weighted by Crippen LogP contribution is -1.94. The van der Waals surface area contributed by atoms with Crippen molar-refractivity contribution in [2.45, 2.75) is 39.0 Å². The number of halogens is 1. The zero-order valence-corrected chi connectivity index (χ0v) is 14.3. The summed E-state index contributed by atoms with van der Waals surface area (Å²) in [6.07, 6.45) is 8.17. The summed E-state index contributed by atoms with van der Waals surface area (Å²) in [7, 11) is 0. The molecule has 0 nitrogen and oxygen atoms in total. The normalized spacial score (nSPS) is 16.2. The van der Waals surface area contributed by atoms with Crippen molar-refractivity contribution in [2.75, 3.05) is 0 Å². The summed E-state index contributed by atoms with van der Waals surface area (Å²) in [5.74, 6) is 0.528. The van der Waals surface area contributed by atoms with E-state index in [1.54, 1.807) is 0 Å². The molecule has 0 bridgehead atoms. The molecule has 0 spiro atoms. The highest BCUT2D eigenvalue weighted by molar-refractivity contribution is 9.10. The van der Waals surface area contributed by atoms with Gasteiger partial charge < -0.3 is 0 Å². The van der Waals surface area contributed by atoms with Crippen molar-refractivity contribution in [1.82, 2.24) is 0 Å².